The van der Waals surface area contributed by atoms with Gasteiger partial charge in [0.05, 0.1) is 32.4 Å². The van der Waals surface area contributed by atoms with Crippen molar-refractivity contribution in [2.75, 3.05) is 13.7 Å². The van der Waals surface area contributed by atoms with Gasteiger partial charge < -0.3 is 9.47 Å². The van der Waals surface area contributed by atoms with E-state index in [0.29, 0.717) is 25.2 Å². The molecule has 0 N–H and O–H groups in total. The molecule has 2 atom stereocenters. The predicted octanol–water partition coefficient (Wildman–Crippen LogP) is 3.60. The SMILES string of the molecule is COC(=O)N1[C@H](C2CCCCC2)[C@@H]1COCc1ccccc1. The van der Waals surface area contributed by atoms with E-state index >= 15 is 0 Å². The van der Waals surface area contributed by atoms with Gasteiger partial charge in [0, 0.05) is 0 Å². The van der Waals surface area contributed by atoms with E-state index in [1.54, 1.807) is 0 Å². The summed E-state index contributed by atoms with van der Waals surface area (Å²) < 4.78 is 10.8. The Bertz CT molecular complexity index is 484. The van der Waals surface area contributed by atoms with E-state index < -0.39 is 0 Å². The molecule has 1 saturated heterocycles. The van der Waals surface area contributed by atoms with Gasteiger partial charge in [0.2, 0.25) is 0 Å². The van der Waals surface area contributed by atoms with Crippen molar-refractivity contribution < 1.29 is 14.3 Å². The van der Waals surface area contributed by atoms with E-state index in [2.05, 4.69) is 12.1 Å². The van der Waals surface area contributed by atoms with Crippen molar-refractivity contribution in [3.05, 3.63) is 35.9 Å². The first-order valence-electron chi connectivity index (χ1n) is 8.29. The Morgan fingerprint density at radius 2 is 1.91 bits per heavy atom. The van der Waals surface area contributed by atoms with Gasteiger partial charge in [-0.25, -0.2) is 4.79 Å². The molecule has 0 spiro atoms. The van der Waals surface area contributed by atoms with Crippen LogP contribution in [0, 0.1) is 5.92 Å². The van der Waals surface area contributed by atoms with Crippen molar-refractivity contribution in [3.8, 4) is 0 Å². The van der Waals surface area contributed by atoms with Crippen LogP contribution in [-0.4, -0.2) is 36.8 Å². The predicted molar refractivity (Wildman–Crippen MR) is 84.5 cm³/mol. The van der Waals surface area contributed by atoms with Crippen LogP contribution in [0.25, 0.3) is 0 Å². The fraction of sp³-hybridized carbons (Fsp3) is 0.611. The van der Waals surface area contributed by atoms with Gasteiger partial charge in [-0.05, 0) is 24.3 Å². The second kappa shape index (κ2) is 7.14. The zero-order valence-electron chi connectivity index (χ0n) is 13.2. The minimum atomic E-state index is -0.205. The number of carbonyl (C=O) groups excluding carboxylic acids is 1. The van der Waals surface area contributed by atoms with Crippen molar-refractivity contribution in [1.29, 1.82) is 0 Å². The van der Waals surface area contributed by atoms with Gasteiger partial charge in [-0.1, -0.05) is 49.6 Å². The lowest BCUT2D eigenvalue weighted by Crippen LogP contribution is -2.20. The molecule has 0 bridgehead atoms. The minimum Gasteiger partial charge on any atom is -0.453 e. The molecule has 22 heavy (non-hydrogen) atoms. The fourth-order valence-electron chi connectivity index (χ4n) is 3.73. The summed E-state index contributed by atoms with van der Waals surface area (Å²) in [6, 6.07) is 10.7. The largest absolute Gasteiger partial charge is 0.453 e. The van der Waals surface area contributed by atoms with Gasteiger partial charge in [-0.3, -0.25) is 4.90 Å². The first-order chi connectivity index (χ1) is 10.8. The molecule has 1 saturated carbocycles. The van der Waals surface area contributed by atoms with Crippen molar-refractivity contribution in [2.24, 2.45) is 5.92 Å². The van der Waals surface area contributed by atoms with Gasteiger partial charge >= 0.3 is 6.09 Å². The van der Waals surface area contributed by atoms with Gasteiger partial charge in [-0.15, -0.1) is 0 Å². The third-order valence-electron chi connectivity index (χ3n) is 4.90. The average molecular weight is 303 g/mol. The number of hydrogen-bond donors (Lipinski definition) is 0. The highest BCUT2D eigenvalue weighted by molar-refractivity contribution is 5.72. The highest BCUT2D eigenvalue weighted by Gasteiger charge is 2.55. The lowest BCUT2D eigenvalue weighted by molar-refractivity contribution is 0.107. The molecular formula is C18H25NO3. The van der Waals surface area contributed by atoms with Gasteiger partial charge in [0.1, 0.15) is 0 Å². The van der Waals surface area contributed by atoms with Crippen LogP contribution in [0.3, 0.4) is 0 Å². The summed E-state index contributed by atoms with van der Waals surface area (Å²) >= 11 is 0. The van der Waals surface area contributed by atoms with Crippen molar-refractivity contribution in [1.82, 2.24) is 4.90 Å². The molecule has 0 aromatic heterocycles. The fourth-order valence-corrected chi connectivity index (χ4v) is 3.73. The highest BCUT2D eigenvalue weighted by Crippen LogP contribution is 2.42. The Hall–Kier alpha value is -1.55. The molecule has 2 fully saturated rings. The molecule has 120 valence electrons. The molecule has 0 unspecified atom stereocenters. The topological polar surface area (TPSA) is 38.5 Å². The van der Waals surface area contributed by atoms with Crippen LogP contribution in [0.1, 0.15) is 37.7 Å². The zero-order valence-corrected chi connectivity index (χ0v) is 13.2. The van der Waals surface area contributed by atoms with E-state index in [1.165, 1.54) is 44.8 Å². The Labute approximate surface area is 132 Å². The van der Waals surface area contributed by atoms with Crippen LogP contribution >= 0.6 is 0 Å². The molecule has 3 rings (SSSR count). The third kappa shape index (κ3) is 3.43. The van der Waals surface area contributed by atoms with Crippen LogP contribution in [0.5, 0.6) is 0 Å². The summed E-state index contributed by atoms with van der Waals surface area (Å²) in [6.07, 6.45) is 6.16. The quantitative estimate of drug-likeness (QED) is 0.780. The summed E-state index contributed by atoms with van der Waals surface area (Å²) in [4.78, 5) is 13.8. The monoisotopic (exact) mass is 303 g/mol. The zero-order chi connectivity index (χ0) is 15.4. The maximum atomic E-state index is 11.9. The number of benzene rings is 1. The van der Waals surface area contributed by atoms with Gasteiger partial charge in [0.25, 0.3) is 0 Å². The molecule has 4 nitrogen and oxygen atoms in total. The van der Waals surface area contributed by atoms with E-state index in [1.807, 2.05) is 23.1 Å². The van der Waals surface area contributed by atoms with E-state index in [0.717, 1.165) is 0 Å². The van der Waals surface area contributed by atoms with Gasteiger partial charge in [-0.2, -0.15) is 0 Å². The minimum absolute atomic E-state index is 0.194. The summed E-state index contributed by atoms with van der Waals surface area (Å²) in [6.45, 7) is 1.20. The number of ether oxygens (including phenoxy) is 2. The second-order valence-corrected chi connectivity index (χ2v) is 6.33. The Kier molecular flexibility index (Phi) is 4.98. The Morgan fingerprint density at radius 1 is 1.18 bits per heavy atom. The van der Waals surface area contributed by atoms with Crippen LogP contribution < -0.4 is 0 Å². The first kappa shape index (κ1) is 15.3. The number of carbonyl (C=O) groups is 1. The number of nitrogens with zero attached hydrogens (tertiary/aromatic N) is 1. The number of hydrogen-bond acceptors (Lipinski definition) is 3. The van der Waals surface area contributed by atoms with Crippen LogP contribution in [0.4, 0.5) is 4.79 Å². The van der Waals surface area contributed by atoms with Crippen LogP contribution in [0.15, 0.2) is 30.3 Å². The Morgan fingerprint density at radius 3 is 2.59 bits per heavy atom. The van der Waals surface area contributed by atoms with Crippen molar-refractivity contribution >= 4 is 6.09 Å². The maximum absolute atomic E-state index is 11.9. The number of amides is 1. The summed E-state index contributed by atoms with van der Waals surface area (Å²) in [5.74, 6) is 0.623. The highest BCUT2D eigenvalue weighted by atomic mass is 16.5. The second-order valence-electron chi connectivity index (χ2n) is 6.33. The summed E-state index contributed by atoms with van der Waals surface area (Å²) in [5, 5.41) is 0. The normalized spacial score (nSPS) is 25.0. The van der Waals surface area contributed by atoms with E-state index in [9.17, 15) is 4.79 Å². The molecule has 1 heterocycles. The van der Waals surface area contributed by atoms with Crippen LogP contribution in [-0.2, 0) is 16.1 Å². The Balaban J connectivity index is 1.52. The first-order valence-corrected chi connectivity index (χ1v) is 8.29. The molecule has 2 aliphatic rings. The third-order valence-corrected chi connectivity index (χ3v) is 4.90. The summed E-state index contributed by atoms with van der Waals surface area (Å²) in [5.41, 5.74) is 1.17. The molecule has 1 aromatic rings. The molecular weight excluding hydrogens is 278 g/mol. The van der Waals surface area contributed by atoms with Crippen LogP contribution in [0.2, 0.25) is 0 Å². The summed E-state index contributed by atoms with van der Waals surface area (Å²) in [7, 11) is 1.46. The van der Waals surface area contributed by atoms with E-state index in [4.69, 9.17) is 9.47 Å². The van der Waals surface area contributed by atoms with Crippen molar-refractivity contribution in [3.63, 3.8) is 0 Å². The molecule has 0 radical (unpaired) electrons. The lowest BCUT2D eigenvalue weighted by atomic mass is 9.86. The smallest absolute Gasteiger partial charge is 0.410 e. The molecule has 1 aliphatic carbocycles. The average Bonchev–Trinajstić information content (AvgIpc) is 3.30. The number of rotatable bonds is 5. The molecule has 4 heteroatoms. The van der Waals surface area contributed by atoms with Gasteiger partial charge in [0.15, 0.2) is 0 Å². The molecule has 1 aromatic carbocycles. The van der Waals surface area contributed by atoms with E-state index in [-0.39, 0.29) is 12.1 Å². The standard InChI is InChI=1S/C18H25NO3/c1-21-18(20)19-16(17(19)15-10-6-3-7-11-15)13-22-12-14-8-4-2-5-9-14/h2,4-5,8-9,15-17H,3,6-7,10-13H2,1H3/t16-,17+,19?/m0/s1. The molecule has 1 aliphatic heterocycles. The molecule has 1 amide bonds. The number of methoxy groups -OCH3 is 1. The maximum Gasteiger partial charge on any atom is 0.410 e. The lowest BCUT2D eigenvalue weighted by Gasteiger charge is -2.21. The van der Waals surface area contributed by atoms with Crippen molar-refractivity contribution in [2.45, 2.75) is 50.8 Å².